The van der Waals surface area contributed by atoms with Crippen LogP contribution in [0.25, 0.3) is 0 Å². The van der Waals surface area contributed by atoms with Crippen LogP contribution in [-0.4, -0.2) is 66.8 Å². The second-order valence-corrected chi connectivity index (χ2v) is 7.76. The molecule has 0 radical (unpaired) electrons. The SMILES string of the molecule is CCNC(=NCC1CCOc2ccccc21)N1CCN(Cc2cc(C)on2)CC1.I. The van der Waals surface area contributed by atoms with Crippen LogP contribution in [0.15, 0.2) is 39.8 Å². The van der Waals surface area contributed by atoms with Gasteiger partial charge in [-0.1, -0.05) is 23.4 Å². The first-order chi connectivity index (χ1) is 14.2. The zero-order valence-corrected chi connectivity index (χ0v) is 20.2. The Balaban J connectivity index is 0.00000256. The molecular weight excluding hydrogens is 493 g/mol. The van der Waals surface area contributed by atoms with Gasteiger partial charge in [0.05, 0.1) is 12.3 Å². The van der Waals surface area contributed by atoms with Gasteiger partial charge in [-0.05, 0) is 31.9 Å². The lowest BCUT2D eigenvalue weighted by molar-refractivity contribution is 0.169. The molecule has 1 atom stereocenters. The number of nitrogens with zero attached hydrogens (tertiary/aromatic N) is 4. The maximum absolute atomic E-state index is 5.79. The number of benzene rings is 1. The highest BCUT2D eigenvalue weighted by molar-refractivity contribution is 14.0. The minimum atomic E-state index is 0. The van der Waals surface area contributed by atoms with E-state index in [1.54, 1.807) is 0 Å². The Bertz CT molecular complexity index is 832. The van der Waals surface area contributed by atoms with Crippen molar-refractivity contribution in [2.75, 3.05) is 45.9 Å². The highest BCUT2D eigenvalue weighted by atomic mass is 127. The van der Waals surface area contributed by atoms with Gasteiger partial charge in [0.1, 0.15) is 11.5 Å². The lowest BCUT2D eigenvalue weighted by Crippen LogP contribution is -2.52. The average Bonchev–Trinajstić information content (AvgIpc) is 3.16. The zero-order valence-electron chi connectivity index (χ0n) is 17.8. The molecular formula is C22H32IN5O2. The van der Waals surface area contributed by atoms with E-state index in [-0.39, 0.29) is 24.0 Å². The highest BCUT2D eigenvalue weighted by Gasteiger charge is 2.23. The molecule has 0 bridgehead atoms. The first-order valence-corrected chi connectivity index (χ1v) is 10.6. The topological polar surface area (TPSA) is 66.1 Å². The molecule has 1 fully saturated rings. The van der Waals surface area contributed by atoms with Gasteiger partial charge in [0.2, 0.25) is 0 Å². The van der Waals surface area contributed by atoms with Crippen LogP contribution in [-0.2, 0) is 6.54 Å². The number of piperazine rings is 1. The first kappa shape index (κ1) is 22.9. The third-order valence-electron chi connectivity index (χ3n) is 5.61. The third-order valence-corrected chi connectivity index (χ3v) is 5.61. The summed E-state index contributed by atoms with van der Waals surface area (Å²) in [5.41, 5.74) is 2.29. The van der Waals surface area contributed by atoms with Crippen molar-refractivity contribution in [3.63, 3.8) is 0 Å². The molecule has 0 spiro atoms. The summed E-state index contributed by atoms with van der Waals surface area (Å²) in [7, 11) is 0. The molecule has 2 aromatic rings. The number of halogens is 1. The van der Waals surface area contributed by atoms with Crippen molar-refractivity contribution in [1.82, 2.24) is 20.3 Å². The molecule has 4 rings (SSSR count). The number of fused-ring (bicyclic) bond motifs is 1. The average molecular weight is 525 g/mol. The summed E-state index contributed by atoms with van der Waals surface area (Å²) in [6, 6.07) is 10.4. The van der Waals surface area contributed by atoms with Gasteiger partial charge < -0.3 is 19.5 Å². The van der Waals surface area contributed by atoms with Crippen LogP contribution in [0.4, 0.5) is 0 Å². The highest BCUT2D eigenvalue weighted by Crippen LogP contribution is 2.33. The summed E-state index contributed by atoms with van der Waals surface area (Å²) in [4.78, 5) is 9.80. The number of aromatic nitrogens is 1. The molecule has 0 saturated carbocycles. The van der Waals surface area contributed by atoms with Crippen molar-refractivity contribution >= 4 is 29.9 Å². The van der Waals surface area contributed by atoms with Crippen LogP contribution in [0.2, 0.25) is 0 Å². The van der Waals surface area contributed by atoms with E-state index in [9.17, 15) is 0 Å². The summed E-state index contributed by atoms with van der Waals surface area (Å²) in [6.45, 7) is 11.3. The Morgan fingerprint density at radius 1 is 1.23 bits per heavy atom. The molecule has 1 unspecified atom stereocenters. The lowest BCUT2D eigenvalue weighted by atomic mass is 9.93. The van der Waals surface area contributed by atoms with Crippen molar-refractivity contribution < 1.29 is 9.26 Å². The van der Waals surface area contributed by atoms with Crippen LogP contribution in [0.1, 0.15) is 36.3 Å². The molecule has 1 aromatic carbocycles. The monoisotopic (exact) mass is 525 g/mol. The van der Waals surface area contributed by atoms with Crippen molar-refractivity contribution in [3.05, 3.63) is 47.3 Å². The smallest absolute Gasteiger partial charge is 0.194 e. The van der Waals surface area contributed by atoms with E-state index in [0.29, 0.717) is 5.92 Å². The zero-order chi connectivity index (χ0) is 20.1. The summed E-state index contributed by atoms with van der Waals surface area (Å²) < 4.78 is 11.0. The van der Waals surface area contributed by atoms with Gasteiger partial charge in [-0.3, -0.25) is 9.89 Å². The molecule has 164 valence electrons. The number of para-hydroxylation sites is 1. The number of aryl methyl sites for hydroxylation is 1. The van der Waals surface area contributed by atoms with E-state index >= 15 is 0 Å². The summed E-state index contributed by atoms with van der Waals surface area (Å²) >= 11 is 0. The van der Waals surface area contributed by atoms with E-state index in [0.717, 1.165) is 82.0 Å². The normalized spacial score (nSPS) is 19.6. The Morgan fingerprint density at radius 3 is 2.77 bits per heavy atom. The van der Waals surface area contributed by atoms with E-state index < -0.39 is 0 Å². The number of rotatable bonds is 5. The lowest BCUT2D eigenvalue weighted by Gasteiger charge is -2.36. The van der Waals surface area contributed by atoms with E-state index in [1.165, 1.54) is 5.56 Å². The molecule has 7 nitrogen and oxygen atoms in total. The van der Waals surface area contributed by atoms with E-state index in [2.05, 4.69) is 45.4 Å². The summed E-state index contributed by atoms with van der Waals surface area (Å²) in [5, 5.41) is 7.60. The van der Waals surface area contributed by atoms with Gasteiger partial charge >= 0.3 is 0 Å². The van der Waals surface area contributed by atoms with Gasteiger partial charge in [0.25, 0.3) is 0 Å². The molecule has 1 saturated heterocycles. The van der Waals surface area contributed by atoms with Crippen molar-refractivity contribution in [2.24, 2.45) is 4.99 Å². The van der Waals surface area contributed by atoms with Crippen LogP contribution in [0.3, 0.4) is 0 Å². The molecule has 0 aliphatic carbocycles. The molecule has 0 amide bonds. The molecule has 1 N–H and O–H groups in total. The standard InChI is InChI=1S/C22H31N5O2.HI/c1-3-23-22(24-15-18-8-13-28-21-7-5-4-6-20(18)21)27-11-9-26(10-12-27)16-19-14-17(2)29-25-19;/h4-7,14,18H,3,8-13,15-16H2,1-2H3,(H,23,24);1H. The summed E-state index contributed by atoms with van der Waals surface area (Å²) in [6.07, 6.45) is 1.02. The minimum Gasteiger partial charge on any atom is -0.493 e. The number of ether oxygens (including phenoxy) is 1. The predicted octanol–water partition coefficient (Wildman–Crippen LogP) is 3.25. The largest absolute Gasteiger partial charge is 0.493 e. The Labute approximate surface area is 195 Å². The fourth-order valence-corrected chi connectivity index (χ4v) is 4.07. The number of hydrogen-bond acceptors (Lipinski definition) is 5. The van der Waals surface area contributed by atoms with Crippen molar-refractivity contribution in [3.8, 4) is 5.75 Å². The molecule has 2 aliphatic heterocycles. The molecule has 3 heterocycles. The maximum atomic E-state index is 5.79. The predicted molar refractivity (Wildman–Crippen MR) is 129 cm³/mol. The van der Waals surface area contributed by atoms with Gasteiger partial charge in [-0.15, -0.1) is 24.0 Å². The van der Waals surface area contributed by atoms with Crippen LogP contribution in [0, 0.1) is 6.92 Å². The fourth-order valence-electron chi connectivity index (χ4n) is 4.07. The van der Waals surface area contributed by atoms with Crippen LogP contribution in [0.5, 0.6) is 5.75 Å². The third kappa shape index (κ3) is 5.66. The fraction of sp³-hybridized carbons (Fsp3) is 0.545. The van der Waals surface area contributed by atoms with E-state index in [1.807, 2.05) is 19.1 Å². The van der Waals surface area contributed by atoms with Crippen LogP contribution >= 0.6 is 24.0 Å². The minimum absolute atomic E-state index is 0. The Hall–Kier alpha value is -1.81. The van der Waals surface area contributed by atoms with Gasteiger partial charge in [0, 0.05) is 57.8 Å². The van der Waals surface area contributed by atoms with Crippen molar-refractivity contribution in [1.29, 1.82) is 0 Å². The second-order valence-electron chi connectivity index (χ2n) is 7.76. The number of aliphatic imine (C=N–C) groups is 1. The molecule has 30 heavy (non-hydrogen) atoms. The van der Waals surface area contributed by atoms with Crippen molar-refractivity contribution in [2.45, 2.75) is 32.7 Å². The van der Waals surface area contributed by atoms with Crippen LogP contribution < -0.4 is 10.1 Å². The number of nitrogens with one attached hydrogen (secondary N) is 1. The molecule has 2 aliphatic rings. The number of guanidine groups is 1. The van der Waals surface area contributed by atoms with Gasteiger partial charge in [0.15, 0.2) is 5.96 Å². The number of hydrogen-bond donors (Lipinski definition) is 1. The Kier molecular flexibility index (Phi) is 8.38. The van der Waals surface area contributed by atoms with E-state index in [4.69, 9.17) is 14.3 Å². The quantitative estimate of drug-likeness (QED) is 0.368. The van der Waals surface area contributed by atoms with Gasteiger partial charge in [-0.2, -0.15) is 0 Å². The Morgan fingerprint density at radius 2 is 2.03 bits per heavy atom. The second kappa shape index (κ2) is 11.0. The molecule has 8 heteroatoms. The maximum Gasteiger partial charge on any atom is 0.194 e. The molecule has 1 aromatic heterocycles. The van der Waals surface area contributed by atoms with Gasteiger partial charge in [-0.25, -0.2) is 0 Å². The first-order valence-electron chi connectivity index (χ1n) is 10.6. The summed E-state index contributed by atoms with van der Waals surface area (Å²) in [5.74, 6) is 3.33.